The standard InChI is InChI=1S/C34H53NO8/c1-18-14-31(8)21(16-35)9-12-34(31,37)23-10-11-32(36)15-22(13-24-33(32,25(18)23)17-38-29(4,5)41-24)40-28-27-26(19(2)20(3)39-28)42-30(6,7)43-27/h18-28,36-37H,9-15,17H2,1-8H3/t18-,19+,20+,21-,22+,23?,24-,25?,26-,27-,28+,31-,32+,33-,34+/m1/s1. The fraction of sp³-hybridized carbons (Fsp3) is 0.971. The number of hydrogen-bond donors (Lipinski definition) is 2. The van der Waals surface area contributed by atoms with E-state index in [9.17, 15) is 15.5 Å². The van der Waals surface area contributed by atoms with Gasteiger partial charge in [0.1, 0.15) is 6.10 Å². The van der Waals surface area contributed by atoms with Gasteiger partial charge in [0.05, 0.1) is 59.6 Å². The molecular formula is C34H53NO8. The molecule has 7 aliphatic rings. The van der Waals surface area contributed by atoms with Crippen LogP contribution in [0.25, 0.3) is 0 Å². The zero-order valence-corrected chi connectivity index (χ0v) is 27.3. The van der Waals surface area contributed by atoms with Gasteiger partial charge in [0, 0.05) is 24.2 Å². The summed E-state index contributed by atoms with van der Waals surface area (Å²) in [6, 6.07) is 2.54. The second-order valence-electron chi connectivity index (χ2n) is 16.6. The van der Waals surface area contributed by atoms with E-state index < -0.39 is 39.9 Å². The molecule has 4 saturated carbocycles. The first-order chi connectivity index (χ1) is 20.0. The van der Waals surface area contributed by atoms with Crippen LogP contribution in [0, 0.1) is 51.8 Å². The summed E-state index contributed by atoms with van der Waals surface area (Å²) in [5.74, 6) is -1.39. The van der Waals surface area contributed by atoms with Gasteiger partial charge in [-0.2, -0.15) is 5.26 Å². The van der Waals surface area contributed by atoms with Crippen LogP contribution >= 0.6 is 0 Å². The summed E-state index contributed by atoms with van der Waals surface area (Å²) in [7, 11) is 0. The molecule has 0 radical (unpaired) electrons. The Bertz CT molecular complexity index is 1170. The minimum Gasteiger partial charge on any atom is -0.389 e. The second kappa shape index (κ2) is 9.60. The largest absolute Gasteiger partial charge is 0.389 e. The number of fused-ring (bicyclic) bond motifs is 4. The fourth-order valence-corrected chi connectivity index (χ4v) is 11.5. The predicted molar refractivity (Wildman–Crippen MR) is 155 cm³/mol. The van der Waals surface area contributed by atoms with Gasteiger partial charge in [-0.15, -0.1) is 0 Å². The third-order valence-electron chi connectivity index (χ3n) is 13.5. The highest BCUT2D eigenvalue weighted by molar-refractivity contribution is 5.25. The van der Waals surface area contributed by atoms with Crippen molar-refractivity contribution in [2.45, 2.75) is 160 Å². The molecule has 0 aromatic rings. The van der Waals surface area contributed by atoms with E-state index in [1.54, 1.807) is 0 Å². The molecule has 3 saturated heterocycles. The molecule has 7 fully saturated rings. The van der Waals surface area contributed by atoms with Gasteiger partial charge < -0.3 is 38.6 Å². The zero-order valence-electron chi connectivity index (χ0n) is 27.3. The Kier molecular flexibility index (Phi) is 6.88. The molecule has 0 aromatic heterocycles. The summed E-state index contributed by atoms with van der Waals surface area (Å²) in [5.41, 5.74) is -3.21. The van der Waals surface area contributed by atoms with E-state index in [1.165, 1.54) is 0 Å². The Balaban J connectivity index is 1.22. The smallest absolute Gasteiger partial charge is 0.187 e. The first-order valence-electron chi connectivity index (χ1n) is 16.8. The summed E-state index contributed by atoms with van der Waals surface area (Å²) in [4.78, 5) is 0. The average molecular weight is 604 g/mol. The van der Waals surface area contributed by atoms with Crippen molar-refractivity contribution >= 4 is 0 Å². The highest BCUT2D eigenvalue weighted by Gasteiger charge is 2.76. The van der Waals surface area contributed by atoms with Crippen molar-refractivity contribution in [3.63, 3.8) is 0 Å². The molecule has 9 nitrogen and oxygen atoms in total. The van der Waals surface area contributed by atoms with Gasteiger partial charge in [-0.25, -0.2) is 0 Å². The quantitative estimate of drug-likeness (QED) is 0.434. The lowest BCUT2D eigenvalue weighted by Crippen LogP contribution is -2.77. The molecule has 3 heterocycles. The van der Waals surface area contributed by atoms with E-state index in [2.05, 4.69) is 33.8 Å². The maximum Gasteiger partial charge on any atom is 0.187 e. The lowest BCUT2D eigenvalue weighted by atomic mass is 9.39. The van der Waals surface area contributed by atoms with Crippen molar-refractivity contribution in [2.24, 2.45) is 40.4 Å². The number of hydrogen-bond acceptors (Lipinski definition) is 9. The predicted octanol–water partition coefficient (Wildman–Crippen LogP) is 4.67. The molecule has 0 aromatic carbocycles. The molecular weight excluding hydrogens is 550 g/mol. The van der Waals surface area contributed by atoms with Crippen LogP contribution < -0.4 is 0 Å². The molecule has 15 atom stereocenters. The van der Waals surface area contributed by atoms with Crippen LogP contribution in [-0.4, -0.2) is 76.4 Å². The Hall–Kier alpha value is -0.830. The van der Waals surface area contributed by atoms with E-state index >= 15 is 0 Å². The van der Waals surface area contributed by atoms with E-state index in [1.807, 2.05) is 27.7 Å². The van der Waals surface area contributed by atoms with Crippen molar-refractivity contribution in [1.29, 1.82) is 5.26 Å². The zero-order chi connectivity index (χ0) is 31.0. The van der Waals surface area contributed by atoms with Crippen molar-refractivity contribution in [3.05, 3.63) is 0 Å². The SMILES string of the molecule is C[C@@H]1[C@H]2OC(C)(C)O[C@H]2[C@H](O[C@H]2C[C@H]3OC(C)(C)OC[C@]34C3C(CC[C@]4(O)C2)[C@@]2(O)CC[C@H](C#N)[C@@]2(C)C[C@H]3C)O[C@H]1C. The number of rotatable bonds is 2. The van der Waals surface area contributed by atoms with E-state index in [0.717, 1.165) is 12.8 Å². The van der Waals surface area contributed by atoms with Gasteiger partial charge in [-0.05, 0) is 84.5 Å². The van der Waals surface area contributed by atoms with Crippen LogP contribution in [0.4, 0.5) is 0 Å². The maximum atomic E-state index is 12.9. The van der Waals surface area contributed by atoms with Gasteiger partial charge in [0.2, 0.25) is 0 Å². The molecule has 1 spiro atoms. The van der Waals surface area contributed by atoms with Crippen LogP contribution in [0.1, 0.15) is 100 Å². The minimum atomic E-state index is -1.11. The van der Waals surface area contributed by atoms with Gasteiger partial charge in [0.25, 0.3) is 0 Å². The molecule has 0 bridgehead atoms. The summed E-state index contributed by atoms with van der Waals surface area (Å²) in [6.45, 7) is 16.7. The molecule has 0 amide bonds. The van der Waals surface area contributed by atoms with E-state index in [-0.39, 0.29) is 60.1 Å². The number of aliphatic hydroxyl groups is 2. The Morgan fingerprint density at radius 1 is 0.884 bits per heavy atom. The third kappa shape index (κ3) is 4.16. The molecule has 43 heavy (non-hydrogen) atoms. The number of nitrogens with zero attached hydrogens (tertiary/aromatic N) is 1. The minimum absolute atomic E-state index is 0.00707. The number of ether oxygens (including phenoxy) is 6. The first-order valence-corrected chi connectivity index (χ1v) is 16.8. The highest BCUT2D eigenvalue weighted by Crippen LogP contribution is 2.72. The summed E-state index contributed by atoms with van der Waals surface area (Å²) in [5, 5.41) is 35.4. The van der Waals surface area contributed by atoms with E-state index in [4.69, 9.17) is 28.4 Å². The van der Waals surface area contributed by atoms with Crippen molar-refractivity contribution in [2.75, 3.05) is 6.61 Å². The van der Waals surface area contributed by atoms with Gasteiger partial charge in [-0.1, -0.05) is 20.8 Å². The van der Waals surface area contributed by atoms with Gasteiger partial charge >= 0.3 is 0 Å². The Morgan fingerprint density at radius 2 is 1.60 bits per heavy atom. The lowest BCUT2D eigenvalue weighted by molar-refractivity contribution is -0.404. The topological polar surface area (TPSA) is 120 Å². The molecule has 9 heteroatoms. The summed E-state index contributed by atoms with van der Waals surface area (Å²) < 4.78 is 39.1. The molecule has 242 valence electrons. The van der Waals surface area contributed by atoms with Gasteiger partial charge in [0.15, 0.2) is 17.9 Å². The average Bonchev–Trinajstić information content (AvgIpc) is 3.37. The summed E-state index contributed by atoms with van der Waals surface area (Å²) >= 11 is 0. The van der Waals surface area contributed by atoms with Crippen molar-refractivity contribution in [1.82, 2.24) is 0 Å². The normalized spacial score (nSPS) is 58.3. The lowest BCUT2D eigenvalue weighted by Gasteiger charge is -2.71. The Labute approximate surface area is 256 Å². The molecule has 2 unspecified atom stereocenters. The van der Waals surface area contributed by atoms with E-state index in [0.29, 0.717) is 38.7 Å². The van der Waals surface area contributed by atoms with Crippen molar-refractivity contribution in [3.8, 4) is 6.07 Å². The van der Waals surface area contributed by atoms with Crippen LogP contribution in [0.15, 0.2) is 0 Å². The fourth-order valence-electron chi connectivity index (χ4n) is 11.5. The number of nitriles is 1. The summed E-state index contributed by atoms with van der Waals surface area (Å²) in [6.07, 6.45) is 2.55. The van der Waals surface area contributed by atoms with Crippen LogP contribution in [0.2, 0.25) is 0 Å². The molecule has 2 N–H and O–H groups in total. The van der Waals surface area contributed by atoms with Crippen LogP contribution in [0.5, 0.6) is 0 Å². The third-order valence-corrected chi connectivity index (χ3v) is 13.5. The highest BCUT2D eigenvalue weighted by atomic mass is 16.8. The van der Waals surface area contributed by atoms with Crippen LogP contribution in [-0.2, 0) is 28.4 Å². The molecule has 3 aliphatic heterocycles. The first kappa shape index (κ1) is 30.8. The maximum absolute atomic E-state index is 12.9. The van der Waals surface area contributed by atoms with Gasteiger partial charge in [-0.3, -0.25) is 0 Å². The monoisotopic (exact) mass is 603 g/mol. The van der Waals surface area contributed by atoms with Crippen LogP contribution in [0.3, 0.4) is 0 Å². The Morgan fingerprint density at radius 3 is 2.33 bits per heavy atom. The second-order valence-corrected chi connectivity index (χ2v) is 16.6. The molecule has 7 rings (SSSR count). The van der Waals surface area contributed by atoms with Crippen molar-refractivity contribution < 1.29 is 38.6 Å². The molecule has 4 aliphatic carbocycles.